The smallest absolute Gasteiger partial charge is 0.170 e. The minimum Gasteiger partial charge on any atom is -0.409 e. The quantitative estimate of drug-likeness (QED) is 0.321. The first-order valence-electron chi connectivity index (χ1n) is 6.48. The molecule has 1 aromatic carbocycles. The third-order valence-corrected chi connectivity index (χ3v) is 3.49. The minimum atomic E-state index is -0.392. The third kappa shape index (κ3) is 4.52. The summed E-state index contributed by atoms with van der Waals surface area (Å²) in [6.07, 6.45) is 1.09. The van der Waals surface area contributed by atoms with Crippen molar-refractivity contribution in [2.45, 2.75) is 39.8 Å². The standard InChI is InChI=1S/C14H22FN3O/c1-4-9(2)10(3)17-8-11-5-12(14(16)18-19)7-13(15)6-11/h5-7,9-10,17,19H,4,8H2,1-3H3,(H2,16,18). The second-order valence-electron chi connectivity index (χ2n) is 4.89. The molecule has 4 nitrogen and oxygen atoms in total. The molecule has 2 unspecified atom stereocenters. The van der Waals surface area contributed by atoms with Crippen LogP contribution >= 0.6 is 0 Å². The highest BCUT2D eigenvalue weighted by atomic mass is 19.1. The fourth-order valence-electron chi connectivity index (χ4n) is 1.79. The van der Waals surface area contributed by atoms with Gasteiger partial charge in [-0.2, -0.15) is 0 Å². The van der Waals surface area contributed by atoms with Crippen LogP contribution in [0, 0.1) is 11.7 Å². The molecule has 5 heteroatoms. The van der Waals surface area contributed by atoms with E-state index in [1.54, 1.807) is 6.07 Å². The summed E-state index contributed by atoms with van der Waals surface area (Å²) in [6.45, 7) is 6.97. The fraction of sp³-hybridized carbons (Fsp3) is 0.500. The van der Waals surface area contributed by atoms with E-state index in [-0.39, 0.29) is 5.84 Å². The first-order valence-corrected chi connectivity index (χ1v) is 6.48. The first kappa shape index (κ1) is 15.4. The molecule has 0 spiro atoms. The lowest BCUT2D eigenvalue weighted by molar-refractivity contribution is 0.318. The van der Waals surface area contributed by atoms with Gasteiger partial charge in [-0.25, -0.2) is 4.39 Å². The lowest BCUT2D eigenvalue weighted by atomic mass is 10.0. The molecule has 0 heterocycles. The van der Waals surface area contributed by atoms with Gasteiger partial charge in [-0.05, 0) is 36.6 Å². The van der Waals surface area contributed by atoms with Gasteiger partial charge in [0.15, 0.2) is 5.84 Å². The van der Waals surface area contributed by atoms with Crippen molar-refractivity contribution in [2.24, 2.45) is 16.8 Å². The van der Waals surface area contributed by atoms with Crippen molar-refractivity contribution >= 4 is 5.84 Å². The number of nitrogens with one attached hydrogen (secondary N) is 1. The Morgan fingerprint density at radius 1 is 1.42 bits per heavy atom. The number of hydrogen-bond donors (Lipinski definition) is 3. The maximum absolute atomic E-state index is 13.5. The summed E-state index contributed by atoms with van der Waals surface area (Å²) >= 11 is 0. The predicted octanol–water partition coefficient (Wildman–Crippen LogP) is 2.44. The van der Waals surface area contributed by atoms with E-state index in [2.05, 4.69) is 31.2 Å². The number of hydrogen-bond acceptors (Lipinski definition) is 3. The summed E-state index contributed by atoms with van der Waals surface area (Å²) in [4.78, 5) is 0. The highest BCUT2D eigenvalue weighted by Gasteiger charge is 2.10. The molecule has 0 saturated carbocycles. The molecule has 106 valence electrons. The van der Waals surface area contributed by atoms with Crippen LogP contribution in [-0.2, 0) is 6.54 Å². The van der Waals surface area contributed by atoms with Crippen LogP contribution in [-0.4, -0.2) is 17.1 Å². The van der Waals surface area contributed by atoms with Crippen molar-refractivity contribution in [1.29, 1.82) is 0 Å². The van der Waals surface area contributed by atoms with Gasteiger partial charge in [0.25, 0.3) is 0 Å². The number of halogens is 1. The van der Waals surface area contributed by atoms with E-state index in [0.717, 1.165) is 12.0 Å². The normalized spacial score (nSPS) is 15.3. The van der Waals surface area contributed by atoms with E-state index in [4.69, 9.17) is 10.9 Å². The van der Waals surface area contributed by atoms with Crippen LogP contribution in [0.25, 0.3) is 0 Å². The molecule has 1 aromatic rings. The number of oxime groups is 1. The monoisotopic (exact) mass is 267 g/mol. The molecule has 0 aliphatic rings. The van der Waals surface area contributed by atoms with E-state index in [9.17, 15) is 4.39 Å². The van der Waals surface area contributed by atoms with Crippen LogP contribution in [0.1, 0.15) is 38.3 Å². The van der Waals surface area contributed by atoms with Crippen molar-refractivity contribution in [1.82, 2.24) is 5.32 Å². The summed E-state index contributed by atoms with van der Waals surface area (Å²) in [5.74, 6) is 0.0740. The Bertz CT molecular complexity index is 448. The molecule has 0 aliphatic heterocycles. The Labute approximate surface area is 113 Å². The molecule has 0 saturated heterocycles. The van der Waals surface area contributed by atoms with Crippen molar-refractivity contribution in [2.75, 3.05) is 0 Å². The zero-order valence-electron chi connectivity index (χ0n) is 11.7. The summed E-state index contributed by atoms with van der Waals surface area (Å²) < 4.78 is 13.5. The van der Waals surface area contributed by atoms with Crippen LogP contribution in [0.15, 0.2) is 23.4 Å². The molecule has 0 radical (unpaired) electrons. The van der Waals surface area contributed by atoms with E-state index in [1.807, 2.05) is 0 Å². The Morgan fingerprint density at radius 2 is 2.11 bits per heavy atom. The molecular formula is C14H22FN3O. The van der Waals surface area contributed by atoms with Gasteiger partial charge in [0.1, 0.15) is 5.82 Å². The zero-order chi connectivity index (χ0) is 14.4. The summed E-state index contributed by atoms with van der Waals surface area (Å²) in [5.41, 5.74) is 6.63. The largest absolute Gasteiger partial charge is 0.409 e. The molecule has 0 bridgehead atoms. The van der Waals surface area contributed by atoms with Gasteiger partial charge in [0, 0.05) is 18.2 Å². The predicted molar refractivity (Wildman–Crippen MR) is 74.7 cm³/mol. The van der Waals surface area contributed by atoms with Gasteiger partial charge in [0.2, 0.25) is 0 Å². The Morgan fingerprint density at radius 3 is 2.68 bits per heavy atom. The van der Waals surface area contributed by atoms with Gasteiger partial charge in [-0.15, -0.1) is 0 Å². The van der Waals surface area contributed by atoms with Crippen LogP contribution in [0.5, 0.6) is 0 Å². The summed E-state index contributed by atoms with van der Waals surface area (Å²) in [5, 5.41) is 14.9. The van der Waals surface area contributed by atoms with Gasteiger partial charge in [0.05, 0.1) is 0 Å². The van der Waals surface area contributed by atoms with E-state index >= 15 is 0 Å². The van der Waals surface area contributed by atoms with Crippen LogP contribution in [0.2, 0.25) is 0 Å². The topological polar surface area (TPSA) is 70.6 Å². The average molecular weight is 267 g/mol. The summed E-state index contributed by atoms with van der Waals surface area (Å²) in [6, 6.07) is 4.76. The molecule has 2 atom stereocenters. The molecule has 0 aromatic heterocycles. The zero-order valence-corrected chi connectivity index (χ0v) is 11.7. The van der Waals surface area contributed by atoms with Gasteiger partial charge in [-0.3, -0.25) is 0 Å². The maximum atomic E-state index is 13.5. The molecule has 4 N–H and O–H groups in total. The van der Waals surface area contributed by atoms with Gasteiger partial charge < -0.3 is 16.3 Å². The lowest BCUT2D eigenvalue weighted by Gasteiger charge is -2.20. The van der Waals surface area contributed by atoms with Gasteiger partial charge in [-0.1, -0.05) is 25.4 Å². The molecule has 0 amide bonds. The number of nitrogens with zero attached hydrogens (tertiary/aromatic N) is 1. The molecule has 0 fully saturated rings. The average Bonchev–Trinajstić information content (AvgIpc) is 2.42. The summed E-state index contributed by atoms with van der Waals surface area (Å²) in [7, 11) is 0. The van der Waals surface area contributed by atoms with E-state index in [1.165, 1.54) is 12.1 Å². The third-order valence-electron chi connectivity index (χ3n) is 3.49. The van der Waals surface area contributed by atoms with Gasteiger partial charge >= 0.3 is 0 Å². The van der Waals surface area contributed by atoms with Crippen LogP contribution in [0.3, 0.4) is 0 Å². The van der Waals surface area contributed by atoms with Crippen LogP contribution < -0.4 is 11.1 Å². The van der Waals surface area contributed by atoms with Crippen molar-refractivity contribution in [3.63, 3.8) is 0 Å². The highest BCUT2D eigenvalue weighted by Crippen LogP contribution is 2.11. The maximum Gasteiger partial charge on any atom is 0.170 e. The molecule has 1 rings (SSSR count). The second kappa shape index (κ2) is 7.09. The highest BCUT2D eigenvalue weighted by molar-refractivity contribution is 5.97. The second-order valence-corrected chi connectivity index (χ2v) is 4.89. The number of nitrogens with two attached hydrogens (primary N) is 1. The van der Waals surface area contributed by atoms with E-state index in [0.29, 0.717) is 24.1 Å². The van der Waals surface area contributed by atoms with Crippen LogP contribution in [0.4, 0.5) is 4.39 Å². The number of amidine groups is 1. The Balaban J connectivity index is 2.76. The number of rotatable bonds is 6. The molecule has 19 heavy (non-hydrogen) atoms. The fourth-order valence-corrected chi connectivity index (χ4v) is 1.79. The lowest BCUT2D eigenvalue weighted by Crippen LogP contribution is -2.31. The number of benzene rings is 1. The van der Waals surface area contributed by atoms with E-state index < -0.39 is 5.82 Å². The molecule has 0 aliphatic carbocycles. The minimum absolute atomic E-state index is 0.0873. The van der Waals surface area contributed by atoms with Crippen molar-refractivity contribution in [3.05, 3.63) is 35.1 Å². The van der Waals surface area contributed by atoms with Crippen molar-refractivity contribution < 1.29 is 9.60 Å². The Hall–Kier alpha value is -1.62. The SMILES string of the molecule is CCC(C)C(C)NCc1cc(F)cc(/C(N)=N/O)c1. The Kier molecular flexibility index (Phi) is 5.76. The first-order chi connectivity index (χ1) is 8.97. The molecular weight excluding hydrogens is 245 g/mol. The van der Waals surface area contributed by atoms with Crippen molar-refractivity contribution in [3.8, 4) is 0 Å².